The Balaban J connectivity index is 2.12. The molecule has 0 bridgehead atoms. The zero-order valence-corrected chi connectivity index (χ0v) is 8.16. The number of hydrogen-bond acceptors (Lipinski definition) is 3. The van der Waals surface area contributed by atoms with Gasteiger partial charge in [0, 0.05) is 19.6 Å². The summed E-state index contributed by atoms with van der Waals surface area (Å²) < 4.78 is 0. The first kappa shape index (κ1) is 10.5. The van der Waals surface area contributed by atoms with Crippen LogP contribution in [0.4, 0.5) is 0 Å². The van der Waals surface area contributed by atoms with Gasteiger partial charge < -0.3 is 15.1 Å². The number of carboxylic acid groups (broad SMARTS) is 1. The minimum Gasteiger partial charge on any atom is -0.479 e. The lowest BCUT2D eigenvalue weighted by Gasteiger charge is -2.46. The standard InChI is InChI=1S/C9H17NO3/c1-9(2)5-10(6-9)4-3-7(11)8(12)13/h7,11H,3-6H2,1-2H3,(H,12,13). The molecule has 4 nitrogen and oxygen atoms in total. The zero-order valence-electron chi connectivity index (χ0n) is 8.16. The summed E-state index contributed by atoms with van der Waals surface area (Å²) in [5.74, 6) is -1.13. The molecular formula is C9H17NO3. The Hall–Kier alpha value is -0.610. The van der Waals surface area contributed by atoms with Gasteiger partial charge in [0.2, 0.25) is 0 Å². The van der Waals surface area contributed by atoms with Crippen LogP contribution in [0, 0.1) is 5.41 Å². The highest BCUT2D eigenvalue weighted by molar-refractivity contribution is 5.71. The van der Waals surface area contributed by atoms with Gasteiger partial charge in [-0.05, 0) is 11.8 Å². The summed E-state index contributed by atoms with van der Waals surface area (Å²) in [6.45, 7) is 7.03. The maximum absolute atomic E-state index is 10.3. The molecule has 4 heteroatoms. The van der Waals surface area contributed by atoms with E-state index in [1.807, 2.05) is 0 Å². The number of aliphatic hydroxyl groups excluding tert-OH is 1. The molecule has 13 heavy (non-hydrogen) atoms. The van der Waals surface area contributed by atoms with Gasteiger partial charge in [0.05, 0.1) is 0 Å². The SMILES string of the molecule is CC1(C)CN(CCC(O)C(=O)O)C1. The van der Waals surface area contributed by atoms with Crippen LogP contribution in [-0.4, -0.2) is 46.8 Å². The molecule has 1 atom stereocenters. The maximum atomic E-state index is 10.3. The largest absolute Gasteiger partial charge is 0.479 e. The van der Waals surface area contributed by atoms with E-state index in [0.717, 1.165) is 13.1 Å². The van der Waals surface area contributed by atoms with Crippen LogP contribution >= 0.6 is 0 Å². The van der Waals surface area contributed by atoms with Crippen molar-refractivity contribution in [2.75, 3.05) is 19.6 Å². The Labute approximate surface area is 78.2 Å². The highest BCUT2D eigenvalue weighted by Crippen LogP contribution is 2.28. The third-order valence-electron chi connectivity index (χ3n) is 2.31. The highest BCUT2D eigenvalue weighted by atomic mass is 16.4. The summed E-state index contributed by atoms with van der Waals surface area (Å²) in [7, 11) is 0. The Bertz CT molecular complexity index is 195. The fraction of sp³-hybridized carbons (Fsp3) is 0.889. The Morgan fingerprint density at radius 2 is 2.08 bits per heavy atom. The van der Waals surface area contributed by atoms with Gasteiger partial charge in [0.15, 0.2) is 6.10 Å². The van der Waals surface area contributed by atoms with E-state index >= 15 is 0 Å². The van der Waals surface area contributed by atoms with Gasteiger partial charge in [-0.2, -0.15) is 0 Å². The van der Waals surface area contributed by atoms with Crippen LogP contribution in [0.1, 0.15) is 20.3 Å². The molecule has 76 valence electrons. The second kappa shape index (κ2) is 3.64. The maximum Gasteiger partial charge on any atom is 0.332 e. The summed E-state index contributed by atoms with van der Waals surface area (Å²) in [4.78, 5) is 12.4. The van der Waals surface area contributed by atoms with E-state index in [9.17, 15) is 4.79 Å². The number of carboxylic acids is 1. The van der Waals surface area contributed by atoms with Crippen molar-refractivity contribution in [2.24, 2.45) is 5.41 Å². The van der Waals surface area contributed by atoms with Gasteiger partial charge in [-0.3, -0.25) is 0 Å². The van der Waals surface area contributed by atoms with Crippen LogP contribution in [-0.2, 0) is 4.79 Å². The number of aliphatic carboxylic acids is 1. The van der Waals surface area contributed by atoms with Crippen LogP contribution in [0.2, 0.25) is 0 Å². The predicted octanol–water partition coefficient (Wildman–Crippen LogP) is 0.164. The minimum absolute atomic E-state index is 0.325. The van der Waals surface area contributed by atoms with E-state index in [0.29, 0.717) is 18.4 Å². The van der Waals surface area contributed by atoms with E-state index in [1.54, 1.807) is 0 Å². The van der Waals surface area contributed by atoms with E-state index in [1.165, 1.54) is 0 Å². The molecule has 1 fully saturated rings. The number of aliphatic hydroxyl groups is 1. The molecular weight excluding hydrogens is 170 g/mol. The number of likely N-dealkylation sites (tertiary alicyclic amines) is 1. The smallest absolute Gasteiger partial charge is 0.332 e. The van der Waals surface area contributed by atoms with Gasteiger partial charge in [-0.25, -0.2) is 4.79 Å². The van der Waals surface area contributed by atoms with Crippen molar-refractivity contribution < 1.29 is 15.0 Å². The Kier molecular flexibility index (Phi) is 2.93. The van der Waals surface area contributed by atoms with Crippen molar-refractivity contribution in [2.45, 2.75) is 26.4 Å². The van der Waals surface area contributed by atoms with Gasteiger partial charge in [-0.1, -0.05) is 13.8 Å². The topological polar surface area (TPSA) is 60.8 Å². The molecule has 2 N–H and O–H groups in total. The molecule has 1 aliphatic heterocycles. The molecule has 1 saturated heterocycles. The molecule has 0 radical (unpaired) electrons. The van der Waals surface area contributed by atoms with Crippen molar-refractivity contribution in [3.8, 4) is 0 Å². The molecule has 0 aliphatic carbocycles. The molecule has 0 saturated carbocycles. The zero-order chi connectivity index (χ0) is 10.1. The lowest BCUT2D eigenvalue weighted by Crippen LogP contribution is -2.53. The summed E-state index contributed by atoms with van der Waals surface area (Å²) in [6.07, 6.45) is -0.880. The number of nitrogens with zero attached hydrogens (tertiary/aromatic N) is 1. The monoisotopic (exact) mass is 187 g/mol. The van der Waals surface area contributed by atoms with E-state index < -0.39 is 12.1 Å². The first-order valence-electron chi connectivity index (χ1n) is 4.54. The lowest BCUT2D eigenvalue weighted by atomic mass is 9.84. The molecule has 0 aromatic heterocycles. The van der Waals surface area contributed by atoms with Crippen LogP contribution in [0.15, 0.2) is 0 Å². The number of hydrogen-bond donors (Lipinski definition) is 2. The molecule has 0 aromatic rings. The third kappa shape index (κ3) is 2.97. The van der Waals surface area contributed by atoms with Gasteiger partial charge >= 0.3 is 5.97 Å². The summed E-state index contributed by atoms with van der Waals surface area (Å²) >= 11 is 0. The predicted molar refractivity (Wildman–Crippen MR) is 48.5 cm³/mol. The molecule has 0 amide bonds. The molecule has 1 unspecified atom stereocenters. The van der Waals surface area contributed by atoms with Crippen molar-refractivity contribution in [1.82, 2.24) is 4.90 Å². The van der Waals surface area contributed by atoms with E-state index in [2.05, 4.69) is 18.7 Å². The van der Waals surface area contributed by atoms with Crippen molar-refractivity contribution in [3.05, 3.63) is 0 Å². The minimum atomic E-state index is -1.20. The van der Waals surface area contributed by atoms with Gasteiger partial charge in [-0.15, -0.1) is 0 Å². The molecule has 1 heterocycles. The molecule has 1 aliphatic rings. The van der Waals surface area contributed by atoms with E-state index in [4.69, 9.17) is 10.2 Å². The van der Waals surface area contributed by atoms with Crippen LogP contribution in [0.25, 0.3) is 0 Å². The van der Waals surface area contributed by atoms with Gasteiger partial charge in [0.1, 0.15) is 0 Å². The second-order valence-corrected chi connectivity index (χ2v) is 4.52. The fourth-order valence-corrected chi connectivity index (χ4v) is 1.75. The Morgan fingerprint density at radius 3 is 2.46 bits per heavy atom. The van der Waals surface area contributed by atoms with Crippen LogP contribution in [0.3, 0.4) is 0 Å². The Morgan fingerprint density at radius 1 is 1.54 bits per heavy atom. The average Bonchev–Trinajstić information content (AvgIpc) is 1.95. The summed E-state index contributed by atoms with van der Waals surface area (Å²) in [5.41, 5.74) is 0.369. The quantitative estimate of drug-likeness (QED) is 0.658. The molecule has 1 rings (SSSR count). The fourth-order valence-electron chi connectivity index (χ4n) is 1.75. The van der Waals surface area contributed by atoms with Gasteiger partial charge in [0.25, 0.3) is 0 Å². The summed E-state index contributed by atoms with van der Waals surface area (Å²) in [6, 6.07) is 0. The number of rotatable bonds is 4. The highest BCUT2D eigenvalue weighted by Gasteiger charge is 2.33. The summed E-state index contributed by atoms with van der Waals surface area (Å²) in [5, 5.41) is 17.4. The third-order valence-corrected chi connectivity index (χ3v) is 2.31. The second-order valence-electron chi connectivity index (χ2n) is 4.52. The molecule has 0 aromatic carbocycles. The first-order valence-corrected chi connectivity index (χ1v) is 4.54. The van der Waals surface area contributed by atoms with Crippen LogP contribution < -0.4 is 0 Å². The first-order chi connectivity index (χ1) is 5.91. The van der Waals surface area contributed by atoms with Crippen LogP contribution in [0.5, 0.6) is 0 Å². The van der Waals surface area contributed by atoms with E-state index in [-0.39, 0.29) is 0 Å². The van der Waals surface area contributed by atoms with Crippen molar-refractivity contribution >= 4 is 5.97 Å². The van der Waals surface area contributed by atoms with Crippen molar-refractivity contribution in [1.29, 1.82) is 0 Å². The van der Waals surface area contributed by atoms with Crippen molar-refractivity contribution in [3.63, 3.8) is 0 Å². The lowest BCUT2D eigenvalue weighted by molar-refractivity contribution is -0.147. The normalized spacial score (nSPS) is 23.6. The number of carbonyl (C=O) groups is 1. The average molecular weight is 187 g/mol. The molecule has 0 spiro atoms.